The van der Waals surface area contributed by atoms with Crippen LogP contribution in [0.1, 0.15) is 13.8 Å². The van der Waals surface area contributed by atoms with E-state index in [1.54, 1.807) is 6.07 Å². The van der Waals surface area contributed by atoms with E-state index >= 15 is 0 Å². The van der Waals surface area contributed by atoms with Crippen molar-refractivity contribution in [3.63, 3.8) is 0 Å². The van der Waals surface area contributed by atoms with E-state index < -0.39 is 0 Å². The third-order valence-corrected chi connectivity index (χ3v) is 2.55. The molecule has 0 amide bonds. The Morgan fingerprint density at radius 3 is 2.64 bits per heavy atom. The van der Waals surface area contributed by atoms with Gasteiger partial charge in [0.05, 0.1) is 12.1 Å². The summed E-state index contributed by atoms with van der Waals surface area (Å²) in [6.45, 7) is 3.95. The minimum absolute atomic E-state index is 0.0672. The molecule has 0 spiro atoms. The summed E-state index contributed by atoms with van der Waals surface area (Å²) in [7, 11) is 1.88. The fourth-order valence-electron chi connectivity index (χ4n) is 1.00. The quantitative estimate of drug-likeness (QED) is 0.782. The summed E-state index contributed by atoms with van der Waals surface area (Å²) in [5.74, 6) is 0.761. The number of aliphatic hydroxyl groups excluding tert-OH is 1. The fraction of sp³-hybridized carbons (Fsp3) is 0.500. The predicted octanol–water partition coefficient (Wildman–Crippen LogP) is 1.94. The molecule has 1 aromatic heterocycles. The van der Waals surface area contributed by atoms with E-state index in [1.807, 2.05) is 37.9 Å². The van der Waals surface area contributed by atoms with E-state index in [9.17, 15) is 5.11 Å². The molecule has 1 N–H and O–H groups in total. The minimum atomic E-state index is -0.336. The number of aliphatic hydroxyl groups is 1. The normalized spacial score (nSPS) is 11.5. The molecule has 0 fully saturated rings. The van der Waals surface area contributed by atoms with E-state index in [0.717, 1.165) is 5.82 Å². The molecule has 1 aromatic rings. The number of anilines is 1. The molecule has 1 rings (SSSR count). The molecule has 0 saturated heterocycles. The van der Waals surface area contributed by atoms with Gasteiger partial charge in [0.1, 0.15) is 11.0 Å². The molecule has 0 atom stereocenters. The Kier molecular flexibility index (Phi) is 3.34. The maximum atomic E-state index is 9.19. The number of aromatic nitrogens is 1. The van der Waals surface area contributed by atoms with E-state index in [2.05, 4.69) is 4.98 Å². The zero-order valence-electron chi connectivity index (χ0n) is 8.66. The van der Waals surface area contributed by atoms with Crippen molar-refractivity contribution in [2.45, 2.75) is 19.4 Å². The smallest absolute Gasteiger partial charge is 0.131 e. The Bertz CT molecular complexity index is 315. The molecule has 4 heteroatoms. The van der Waals surface area contributed by atoms with Crippen LogP contribution in [-0.4, -0.2) is 29.3 Å². The second kappa shape index (κ2) is 4.15. The van der Waals surface area contributed by atoms with Gasteiger partial charge in [-0.3, -0.25) is 0 Å². The Morgan fingerprint density at radius 2 is 2.14 bits per heavy atom. The summed E-state index contributed by atoms with van der Waals surface area (Å²) in [4.78, 5) is 6.07. The van der Waals surface area contributed by atoms with Crippen LogP contribution in [0.3, 0.4) is 0 Å². The van der Waals surface area contributed by atoms with E-state index in [-0.39, 0.29) is 12.1 Å². The summed E-state index contributed by atoms with van der Waals surface area (Å²) in [6.07, 6.45) is 0. The van der Waals surface area contributed by atoms with Gasteiger partial charge in [-0.15, -0.1) is 0 Å². The maximum absolute atomic E-state index is 9.19. The first-order valence-corrected chi connectivity index (χ1v) is 4.82. The van der Waals surface area contributed by atoms with E-state index in [1.165, 1.54) is 0 Å². The molecule has 0 radical (unpaired) electrons. The van der Waals surface area contributed by atoms with Crippen LogP contribution in [0, 0.1) is 0 Å². The van der Waals surface area contributed by atoms with Crippen LogP contribution in [0.2, 0.25) is 5.15 Å². The monoisotopic (exact) mass is 214 g/mol. The first kappa shape index (κ1) is 11.3. The fourth-order valence-corrected chi connectivity index (χ4v) is 1.16. The molecule has 0 aromatic carbocycles. The van der Waals surface area contributed by atoms with Crippen LogP contribution in [0.15, 0.2) is 18.2 Å². The summed E-state index contributed by atoms with van der Waals surface area (Å²) in [5, 5.41) is 9.65. The van der Waals surface area contributed by atoms with Gasteiger partial charge in [0.25, 0.3) is 0 Å². The van der Waals surface area contributed by atoms with Crippen molar-refractivity contribution in [3.05, 3.63) is 23.4 Å². The van der Waals surface area contributed by atoms with Gasteiger partial charge in [0.2, 0.25) is 0 Å². The van der Waals surface area contributed by atoms with Gasteiger partial charge >= 0.3 is 0 Å². The third-order valence-electron chi connectivity index (χ3n) is 2.34. The highest BCUT2D eigenvalue weighted by molar-refractivity contribution is 6.29. The van der Waals surface area contributed by atoms with Gasteiger partial charge in [0.15, 0.2) is 0 Å². The first-order chi connectivity index (χ1) is 6.47. The molecule has 78 valence electrons. The summed E-state index contributed by atoms with van der Waals surface area (Å²) < 4.78 is 0. The molecular formula is C10H15ClN2O. The van der Waals surface area contributed by atoms with Gasteiger partial charge < -0.3 is 10.0 Å². The molecular weight excluding hydrogens is 200 g/mol. The number of pyridine rings is 1. The SMILES string of the molecule is CN(c1cccc(Cl)n1)C(C)(C)CO. The molecule has 0 unspecified atom stereocenters. The summed E-state index contributed by atoms with van der Waals surface area (Å²) >= 11 is 5.78. The molecule has 0 bridgehead atoms. The Labute approximate surface area is 89.3 Å². The van der Waals surface area contributed by atoms with Gasteiger partial charge in [-0.2, -0.15) is 0 Å². The molecule has 0 aliphatic carbocycles. The summed E-state index contributed by atoms with van der Waals surface area (Å²) in [6, 6.07) is 5.43. The average molecular weight is 215 g/mol. The van der Waals surface area contributed by atoms with Crippen LogP contribution in [0.5, 0.6) is 0 Å². The van der Waals surface area contributed by atoms with Gasteiger partial charge in [-0.25, -0.2) is 4.98 Å². The lowest BCUT2D eigenvalue weighted by Crippen LogP contribution is -2.44. The number of hydrogen-bond donors (Lipinski definition) is 1. The van der Waals surface area contributed by atoms with Crippen molar-refractivity contribution in [1.82, 2.24) is 4.98 Å². The van der Waals surface area contributed by atoms with Gasteiger partial charge in [-0.1, -0.05) is 17.7 Å². The zero-order valence-corrected chi connectivity index (χ0v) is 9.41. The van der Waals surface area contributed by atoms with Gasteiger partial charge in [-0.05, 0) is 26.0 Å². The van der Waals surface area contributed by atoms with Crippen molar-refractivity contribution in [1.29, 1.82) is 0 Å². The van der Waals surface area contributed by atoms with Crippen LogP contribution < -0.4 is 4.90 Å². The Balaban J connectivity index is 2.94. The van der Waals surface area contributed by atoms with Crippen LogP contribution in [-0.2, 0) is 0 Å². The number of halogens is 1. The van der Waals surface area contributed by atoms with Crippen molar-refractivity contribution in [3.8, 4) is 0 Å². The molecule has 1 heterocycles. The predicted molar refractivity (Wildman–Crippen MR) is 58.8 cm³/mol. The highest BCUT2D eigenvalue weighted by Gasteiger charge is 2.23. The van der Waals surface area contributed by atoms with Crippen LogP contribution in [0.25, 0.3) is 0 Å². The third kappa shape index (κ3) is 2.36. The molecule has 0 aliphatic heterocycles. The highest BCUT2D eigenvalue weighted by atomic mass is 35.5. The largest absolute Gasteiger partial charge is 0.394 e. The van der Waals surface area contributed by atoms with E-state index in [0.29, 0.717) is 5.15 Å². The van der Waals surface area contributed by atoms with Gasteiger partial charge in [0, 0.05) is 7.05 Å². The molecule has 0 saturated carbocycles. The second-order valence-electron chi connectivity index (χ2n) is 3.85. The van der Waals surface area contributed by atoms with Crippen molar-refractivity contribution in [2.75, 3.05) is 18.6 Å². The number of likely N-dealkylation sites (N-methyl/N-ethyl adjacent to an activating group) is 1. The zero-order chi connectivity index (χ0) is 10.8. The second-order valence-corrected chi connectivity index (χ2v) is 4.24. The standard InChI is InChI=1S/C10H15ClN2O/c1-10(2,7-14)13(3)9-6-4-5-8(11)12-9/h4-6,14H,7H2,1-3H3. The number of nitrogens with zero attached hydrogens (tertiary/aromatic N) is 2. The highest BCUT2D eigenvalue weighted by Crippen LogP contribution is 2.20. The van der Waals surface area contributed by atoms with Crippen LogP contribution in [0.4, 0.5) is 5.82 Å². The van der Waals surface area contributed by atoms with Crippen molar-refractivity contribution >= 4 is 17.4 Å². The molecule has 0 aliphatic rings. The number of hydrogen-bond acceptors (Lipinski definition) is 3. The summed E-state index contributed by atoms with van der Waals surface area (Å²) in [5.41, 5.74) is -0.336. The lowest BCUT2D eigenvalue weighted by Gasteiger charge is -2.34. The minimum Gasteiger partial charge on any atom is -0.394 e. The lowest BCUT2D eigenvalue weighted by atomic mass is 10.1. The maximum Gasteiger partial charge on any atom is 0.131 e. The first-order valence-electron chi connectivity index (χ1n) is 4.44. The van der Waals surface area contributed by atoms with Crippen LogP contribution >= 0.6 is 11.6 Å². The number of rotatable bonds is 3. The Hall–Kier alpha value is -0.800. The lowest BCUT2D eigenvalue weighted by molar-refractivity contribution is 0.215. The Morgan fingerprint density at radius 1 is 1.50 bits per heavy atom. The van der Waals surface area contributed by atoms with Crippen molar-refractivity contribution < 1.29 is 5.11 Å². The van der Waals surface area contributed by atoms with Crippen molar-refractivity contribution in [2.24, 2.45) is 0 Å². The van der Waals surface area contributed by atoms with E-state index in [4.69, 9.17) is 11.6 Å². The topological polar surface area (TPSA) is 36.4 Å². The molecule has 14 heavy (non-hydrogen) atoms. The molecule has 3 nitrogen and oxygen atoms in total. The average Bonchev–Trinajstić information content (AvgIpc) is 2.16.